The zero-order valence-corrected chi connectivity index (χ0v) is 17.1. The lowest BCUT2D eigenvalue weighted by molar-refractivity contribution is -0.141. The molecule has 1 amide bonds. The summed E-state index contributed by atoms with van der Waals surface area (Å²) in [5.74, 6) is -1.87. The fourth-order valence-corrected chi connectivity index (χ4v) is 4.55. The summed E-state index contributed by atoms with van der Waals surface area (Å²) in [7, 11) is 0. The number of carboxylic acid groups (broad SMARTS) is 1. The molecule has 1 aliphatic carbocycles. The van der Waals surface area contributed by atoms with Crippen LogP contribution in [0.2, 0.25) is 0 Å². The Bertz CT molecular complexity index is 1110. The van der Waals surface area contributed by atoms with Crippen molar-refractivity contribution in [1.82, 2.24) is 9.47 Å². The maximum absolute atomic E-state index is 15.0. The fourth-order valence-electron chi connectivity index (χ4n) is 4.55. The van der Waals surface area contributed by atoms with Crippen LogP contribution in [0.1, 0.15) is 42.1 Å². The number of carboxylic acids is 1. The molecule has 1 N–H and O–H groups in total. The molecule has 1 atom stereocenters. The number of aromatic nitrogens is 1. The van der Waals surface area contributed by atoms with Crippen molar-refractivity contribution >= 4 is 28.5 Å². The van der Waals surface area contributed by atoms with Gasteiger partial charge in [-0.05, 0) is 37.8 Å². The first-order valence-corrected chi connectivity index (χ1v) is 10.7. The number of hydrogen-bond donors (Lipinski definition) is 1. The summed E-state index contributed by atoms with van der Waals surface area (Å²) in [6.45, 7) is 2.52. The lowest BCUT2D eigenvalue weighted by atomic mass is 10.1. The zero-order chi connectivity index (χ0) is 21.7. The second kappa shape index (κ2) is 7.64. The number of pyridine rings is 1. The Kier molecular flexibility index (Phi) is 4.92. The highest BCUT2D eigenvalue weighted by molar-refractivity contribution is 5.93. The Morgan fingerprint density at radius 2 is 1.84 bits per heavy atom. The number of hydrogen-bond acceptors (Lipinski definition) is 5. The summed E-state index contributed by atoms with van der Waals surface area (Å²) in [5, 5.41) is 9.45. The van der Waals surface area contributed by atoms with Gasteiger partial charge in [-0.1, -0.05) is 0 Å². The lowest BCUT2D eigenvalue weighted by Crippen LogP contribution is -2.51. The number of aromatic carboxylic acids is 1. The van der Waals surface area contributed by atoms with E-state index in [0.29, 0.717) is 44.0 Å². The van der Waals surface area contributed by atoms with Gasteiger partial charge in [0.1, 0.15) is 17.5 Å². The van der Waals surface area contributed by atoms with Gasteiger partial charge in [0.2, 0.25) is 5.43 Å². The molecule has 2 aliphatic heterocycles. The van der Waals surface area contributed by atoms with Crippen molar-refractivity contribution < 1.29 is 23.8 Å². The van der Waals surface area contributed by atoms with Crippen LogP contribution in [-0.2, 0) is 9.53 Å². The van der Waals surface area contributed by atoms with Crippen molar-refractivity contribution in [1.29, 1.82) is 0 Å². The molecule has 9 heteroatoms. The maximum Gasteiger partial charge on any atom is 0.341 e. The van der Waals surface area contributed by atoms with Gasteiger partial charge in [-0.15, -0.1) is 0 Å². The summed E-state index contributed by atoms with van der Waals surface area (Å²) in [6, 6.07) is 2.93. The number of piperazine rings is 1. The van der Waals surface area contributed by atoms with Crippen molar-refractivity contribution in [2.75, 3.05) is 37.7 Å². The topological polar surface area (TPSA) is 92.1 Å². The van der Waals surface area contributed by atoms with E-state index in [1.165, 1.54) is 6.20 Å². The zero-order valence-electron chi connectivity index (χ0n) is 17.1. The van der Waals surface area contributed by atoms with E-state index in [2.05, 4.69) is 0 Å². The number of amides is 1. The lowest BCUT2D eigenvalue weighted by Gasteiger charge is -2.37. The molecular weight excluding hydrogens is 405 g/mol. The second-order valence-electron chi connectivity index (χ2n) is 8.45. The third-order valence-electron chi connectivity index (χ3n) is 6.41. The van der Waals surface area contributed by atoms with Gasteiger partial charge in [0.25, 0.3) is 5.91 Å². The van der Waals surface area contributed by atoms with Gasteiger partial charge in [0.05, 0.1) is 11.2 Å². The largest absolute Gasteiger partial charge is 0.477 e. The molecule has 3 fully saturated rings. The molecule has 0 spiro atoms. The van der Waals surface area contributed by atoms with Crippen LogP contribution in [0, 0.1) is 5.82 Å². The van der Waals surface area contributed by atoms with E-state index in [1.807, 2.05) is 4.90 Å². The molecule has 1 aromatic heterocycles. The van der Waals surface area contributed by atoms with E-state index in [9.17, 15) is 19.5 Å². The van der Waals surface area contributed by atoms with Gasteiger partial charge in [0, 0.05) is 50.4 Å². The second-order valence-corrected chi connectivity index (χ2v) is 8.45. The van der Waals surface area contributed by atoms with E-state index in [0.717, 1.165) is 31.7 Å². The Labute approximate surface area is 177 Å². The van der Waals surface area contributed by atoms with Gasteiger partial charge < -0.3 is 24.2 Å². The summed E-state index contributed by atoms with van der Waals surface area (Å²) in [5.41, 5.74) is -0.0926. The highest BCUT2D eigenvalue weighted by atomic mass is 19.1. The molecule has 2 aromatic rings. The van der Waals surface area contributed by atoms with Gasteiger partial charge in [-0.3, -0.25) is 9.59 Å². The normalized spacial score (nSPS) is 21.6. The minimum absolute atomic E-state index is 0.0000876. The number of halogens is 1. The van der Waals surface area contributed by atoms with E-state index >= 15 is 4.39 Å². The summed E-state index contributed by atoms with van der Waals surface area (Å²) >= 11 is 0. The Hall–Kier alpha value is -2.94. The van der Waals surface area contributed by atoms with E-state index in [1.54, 1.807) is 15.5 Å². The number of benzene rings is 1. The summed E-state index contributed by atoms with van der Waals surface area (Å²) in [4.78, 5) is 40.3. The summed E-state index contributed by atoms with van der Waals surface area (Å²) < 4.78 is 22.3. The van der Waals surface area contributed by atoms with Crippen LogP contribution < -0.4 is 10.3 Å². The van der Waals surface area contributed by atoms with Crippen LogP contribution in [0.25, 0.3) is 10.9 Å². The molecule has 8 nitrogen and oxygen atoms in total. The van der Waals surface area contributed by atoms with Crippen molar-refractivity contribution in [2.45, 2.75) is 37.8 Å². The van der Waals surface area contributed by atoms with Crippen LogP contribution in [0.4, 0.5) is 10.1 Å². The van der Waals surface area contributed by atoms with Crippen molar-refractivity contribution in [3.8, 4) is 0 Å². The Morgan fingerprint density at radius 3 is 2.45 bits per heavy atom. The Balaban J connectivity index is 1.44. The average molecular weight is 429 g/mol. The smallest absolute Gasteiger partial charge is 0.341 e. The third-order valence-corrected chi connectivity index (χ3v) is 6.41. The van der Waals surface area contributed by atoms with Crippen molar-refractivity contribution in [3.05, 3.63) is 39.9 Å². The standard InChI is InChI=1S/C22H24FN3O5/c23-16-10-14-17(26(13-3-4-13)12-15(20(14)27)22(29)30)11-18(16)24-5-7-25(8-6-24)21(28)19-2-1-9-31-19/h10-13,19H,1-9H2,(H,29,30)/t19-/m0/s1. The maximum atomic E-state index is 15.0. The molecule has 3 aliphatic rings. The average Bonchev–Trinajstić information content (AvgIpc) is 3.46. The quantitative estimate of drug-likeness (QED) is 0.799. The highest BCUT2D eigenvalue weighted by Crippen LogP contribution is 2.38. The molecule has 5 rings (SSSR count). The predicted molar refractivity (Wildman–Crippen MR) is 111 cm³/mol. The number of anilines is 1. The molecule has 0 radical (unpaired) electrons. The first-order chi connectivity index (χ1) is 14.9. The number of nitrogens with zero attached hydrogens (tertiary/aromatic N) is 3. The number of fused-ring (bicyclic) bond motifs is 1. The molecule has 164 valence electrons. The molecule has 3 heterocycles. The fraction of sp³-hybridized carbons (Fsp3) is 0.500. The summed E-state index contributed by atoms with van der Waals surface area (Å²) in [6.07, 6.45) is 4.45. The van der Waals surface area contributed by atoms with Crippen molar-refractivity contribution in [2.24, 2.45) is 0 Å². The SMILES string of the molecule is O=C(O)c1cn(C2CC2)c2cc(N3CCN(C(=O)[C@@H]4CCCO4)CC3)c(F)cc2c1=O. The van der Waals surface area contributed by atoms with E-state index in [-0.39, 0.29) is 29.0 Å². The van der Waals surface area contributed by atoms with E-state index in [4.69, 9.17) is 4.74 Å². The highest BCUT2D eigenvalue weighted by Gasteiger charge is 2.32. The first kappa shape index (κ1) is 20.0. The van der Waals surface area contributed by atoms with Gasteiger partial charge >= 0.3 is 5.97 Å². The Morgan fingerprint density at radius 1 is 1.10 bits per heavy atom. The van der Waals surface area contributed by atoms with Crippen molar-refractivity contribution in [3.63, 3.8) is 0 Å². The van der Waals surface area contributed by atoms with Gasteiger partial charge in [0.15, 0.2) is 0 Å². The number of ether oxygens (including phenoxy) is 1. The molecule has 1 aromatic carbocycles. The van der Waals surface area contributed by atoms with Crippen LogP contribution in [0.3, 0.4) is 0 Å². The molecular formula is C22H24FN3O5. The van der Waals surface area contributed by atoms with Gasteiger partial charge in [-0.2, -0.15) is 0 Å². The molecule has 31 heavy (non-hydrogen) atoms. The molecule has 1 saturated carbocycles. The predicted octanol–water partition coefficient (Wildman–Crippen LogP) is 2.00. The minimum atomic E-state index is -1.31. The monoisotopic (exact) mass is 429 g/mol. The molecule has 0 bridgehead atoms. The molecule has 2 saturated heterocycles. The third kappa shape index (κ3) is 3.56. The van der Waals surface area contributed by atoms with Crippen LogP contribution in [0.15, 0.2) is 23.1 Å². The molecule has 0 unspecified atom stereocenters. The first-order valence-electron chi connectivity index (χ1n) is 10.7. The van der Waals surface area contributed by atoms with E-state index < -0.39 is 17.2 Å². The van der Waals surface area contributed by atoms with Crippen LogP contribution in [0.5, 0.6) is 0 Å². The van der Waals surface area contributed by atoms with Gasteiger partial charge in [-0.25, -0.2) is 9.18 Å². The number of carbonyl (C=O) groups is 2. The minimum Gasteiger partial charge on any atom is -0.477 e. The number of rotatable bonds is 4. The van der Waals surface area contributed by atoms with Crippen LogP contribution >= 0.6 is 0 Å². The number of carbonyl (C=O) groups excluding carboxylic acids is 1. The van der Waals surface area contributed by atoms with Crippen LogP contribution in [-0.4, -0.2) is 65.3 Å².